The van der Waals surface area contributed by atoms with Crippen molar-refractivity contribution in [3.63, 3.8) is 0 Å². The normalized spacial score (nSPS) is 33.0. The molecule has 0 bridgehead atoms. The molecule has 1 aliphatic heterocycles. The highest BCUT2D eigenvalue weighted by Crippen LogP contribution is 2.15. The summed E-state index contributed by atoms with van der Waals surface area (Å²) >= 11 is 0. The second-order valence-corrected chi connectivity index (χ2v) is 3.33. The molecule has 1 heterocycles. The Balaban J connectivity index is 2.37. The standard InChI is InChI=1S/C8H18N2O/c1-2-3-10-5-7(9)4-8(10)6-11/h7-8,11H,2-6,9H2,1H3. The molecule has 1 saturated heterocycles. The number of aliphatic hydroxyl groups excluding tert-OH is 1. The van der Waals surface area contributed by atoms with Crippen molar-refractivity contribution >= 4 is 0 Å². The van der Waals surface area contributed by atoms with Crippen LogP contribution in [0.25, 0.3) is 0 Å². The van der Waals surface area contributed by atoms with Crippen molar-refractivity contribution < 1.29 is 5.11 Å². The monoisotopic (exact) mass is 158 g/mol. The van der Waals surface area contributed by atoms with Crippen LogP contribution in [0.4, 0.5) is 0 Å². The van der Waals surface area contributed by atoms with E-state index >= 15 is 0 Å². The molecular weight excluding hydrogens is 140 g/mol. The van der Waals surface area contributed by atoms with E-state index in [1.807, 2.05) is 0 Å². The quantitative estimate of drug-likeness (QED) is 0.597. The first-order chi connectivity index (χ1) is 5.27. The molecule has 0 radical (unpaired) electrons. The maximum Gasteiger partial charge on any atom is 0.0587 e. The van der Waals surface area contributed by atoms with Gasteiger partial charge in [0.15, 0.2) is 0 Å². The zero-order valence-electron chi connectivity index (χ0n) is 7.16. The van der Waals surface area contributed by atoms with Gasteiger partial charge in [0.2, 0.25) is 0 Å². The summed E-state index contributed by atoms with van der Waals surface area (Å²) in [6.45, 7) is 4.43. The molecule has 1 rings (SSSR count). The van der Waals surface area contributed by atoms with Crippen molar-refractivity contribution in [2.24, 2.45) is 5.73 Å². The van der Waals surface area contributed by atoms with Crippen LogP contribution in [0.1, 0.15) is 19.8 Å². The lowest BCUT2D eigenvalue weighted by molar-refractivity contribution is 0.159. The highest BCUT2D eigenvalue weighted by Gasteiger charge is 2.28. The molecule has 0 amide bonds. The number of nitrogens with two attached hydrogens (primary N) is 1. The van der Waals surface area contributed by atoms with Crippen LogP contribution in [-0.4, -0.2) is 41.8 Å². The summed E-state index contributed by atoms with van der Waals surface area (Å²) < 4.78 is 0. The zero-order chi connectivity index (χ0) is 8.27. The summed E-state index contributed by atoms with van der Waals surface area (Å²) in [6.07, 6.45) is 2.10. The van der Waals surface area contributed by atoms with E-state index in [1.165, 1.54) is 0 Å². The lowest BCUT2D eigenvalue weighted by Crippen LogP contribution is -2.33. The number of likely N-dealkylation sites (tertiary alicyclic amines) is 1. The van der Waals surface area contributed by atoms with Gasteiger partial charge >= 0.3 is 0 Å². The molecule has 3 nitrogen and oxygen atoms in total. The van der Waals surface area contributed by atoms with Gasteiger partial charge in [-0.1, -0.05) is 6.92 Å². The van der Waals surface area contributed by atoms with E-state index in [0.717, 1.165) is 25.9 Å². The van der Waals surface area contributed by atoms with Crippen LogP contribution >= 0.6 is 0 Å². The van der Waals surface area contributed by atoms with Crippen LogP contribution in [0, 0.1) is 0 Å². The first kappa shape index (κ1) is 8.97. The van der Waals surface area contributed by atoms with Gasteiger partial charge in [0.25, 0.3) is 0 Å². The molecule has 3 N–H and O–H groups in total. The van der Waals surface area contributed by atoms with Crippen LogP contribution in [0.3, 0.4) is 0 Å². The minimum atomic E-state index is 0.258. The maximum atomic E-state index is 8.98. The fourth-order valence-corrected chi connectivity index (χ4v) is 1.77. The molecule has 0 spiro atoms. The second kappa shape index (κ2) is 4.04. The number of aliphatic hydroxyl groups is 1. The predicted octanol–water partition coefficient (Wildman–Crippen LogP) is -0.210. The SMILES string of the molecule is CCCN1CC(N)CC1CO. The summed E-state index contributed by atoms with van der Waals surface area (Å²) in [6, 6.07) is 0.601. The van der Waals surface area contributed by atoms with Crippen molar-refractivity contribution in [3.05, 3.63) is 0 Å². The largest absolute Gasteiger partial charge is 0.395 e. The van der Waals surface area contributed by atoms with Gasteiger partial charge < -0.3 is 10.8 Å². The van der Waals surface area contributed by atoms with Crippen LogP contribution in [-0.2, 0) is 0 Å². The Kier molecular flexibility index (Phi) is 3.30. The van der Waals surface area contributed by atoms with E-state index < -0.39 is 0 Å². The molecular formula is C8H18N2O. The Hall–Kier alpha value is -0.120. The Morgan fingerprint density at radius 2 is 2.36 bits per heavy atom. The van der Waals surface area contributed by atoms with Crippen LogP contribution < -0.4 is 5.73 Å². The molecule has 0 aliphatic carbocycles. The van der Waals surface area contributed by atoms with E-state index in [-0.39, 0.29) is 12.6 Å². The first-order valence-corrected chi connectivity index (χ1v) is 4.38. The molecule has 3 heteroatoms. The fourth-order valence-electron chi connectivity index (χ4n) is 1.77. The second-order valence-electron chi connectivity index (χ2n) is 3.33. The van der Waals surface area contributed by atoms with Gasteiger partial charge in [-0.05, 0) is 19.4 Å². The summed E-state index contributed by atoms with van der Waals surface area (Å²) in [7, 11) is 0. The summed E-state index contributed by atoms with van der Waals surface area (Å²) in [5, 5.41) is 8.98. The molecule has 0 aromatic heterocycles. The average molecular weight is 158 g/mol. The third kappa shape index (κ3) is 2.15. The molecule has 66 valence electrons. The summed E-state index contributed by atoms with van der Waals surface area (Å²) in [4.78, 5) is 2.28. The lowest BCUT2D eigenvalue weighted by atomic mass is 10.2. The third-order valence-electron chi connectivity index (χ3n) is 2.28. The van der Waals surface area contributed by atoms with Gasteiger partial charge in [-0.15, -0.1) is 0 Å². The molecule has 2 unspecified atom stereocenters. The van der Waals surface area contributed by atoms with E-state index in [1.54, 1.807) is 0 Å². The topological polar surface area (TPSA) is 49.5 Å². The van der Waals surface area contributed by atoms with Crippen LogP contribution in [0.2, 0.25) is 0 Å². The molecule has 1 aliphatic rings. The summed E-state index contributed by atoms with van der Waals surface area (Å²) in [5.74, 6) is 0. The average Bonchev–Trinajstić information content (AvgIpc) is 2.32. The Morgan fingerprint density at radius 3 is 2.91 bits per heavy atom. The van der Waals surface area contributed by atoms with E-state index in [0.29, 0.717) is 6.04 Å². The van der Waals surface area contributed by atoms with Crippen LogP contribution in [0.15, 0.2) is 0 Å². The molecule has 1 fully saturated rings. The molecule has 0 aromatic rings. The van der Waals surface area contributed by atoms with Crippen molar-refractivity contribution in [1.82, 2.24) is 4.90 Å². The number of nitrogens with zero attached hydrogens (tertiary/aromatic N) is 1. The number of rotatable bonds is 3. The zero-order valence-corrected chi connectivity index (χ0v) is 7.16. The minimum absolute atomic E-state index is 0.258. The van der Waals surface area contributed by atoms with Gasteiger partial charge in [0, 0.05) is 18.6 Å². The van der Waals surface area contributed by atoms with Gasteiger partial charge in [0.1, 0.15) is 0 Å². The maximum absolute atomic E-state index is 8.98. The molecule has 0 saturated carbocycles. The molecule has 0 aromatic carbocycles. The van der Waals surface area contributed by atoms with Crippen molar-refractivity contribution in [1.29, 1.82) is 0 Å². The fraction of sp³-hybridized carbons (Fsp3) is 1.00. The summed E-state index contributed by atoms with van der Waals surface area (Å²) in [5.41, 5.74) is 5.77. The van der Waals surface area contributed by atoms with Crippen molar-refractivity contribution in [3.8, 4) is 0 Å². The van der Waals surface area contributed by atoms with Crippen molar-refractivity contribution in [2.45, 2.75) is 31.8 Å². The number of hydrogen-bond acceptors (Lipinski definition) is 3. The Morgan fingerprint density at radius 1 is 1.64 bits per heavy atom. The number of hydrogen-bond donors (Lipinski definition) is 2. The van der Waals surface area contributed by atoms with Crippen molar-refractivity contribution in [2.75, 3.05) is 19.7 Å². The molecule has 2 atom stereocenters. The van der Waals surface area contributed by atoms with E-state index in [4.69, 9.17) is 10.8 Å². The van der Waals surface area contributed by atoms with Gasteiger partial charge in [-0.3, -0.25) is 4.90 Å². The van der Waals surface area contributed by atoms with E-state index in [2.05, 4.69) is 11.8 Å². The van der Waals surface area contributed by atoms with Gasteiger partial charge in [-0.25, -0.2) is 0 Å². The Labute approximate surface area is 68.2 Å². The van der Waals surface area contributed by atoms with Gasteiger partial charge in [-0.2, -0.15) is 0 Å². The predicted molar refractivity (Wildman–Crippen MR) is 45.3 cm³/mol. The highest BCUT2D eigenvalue weighted by atomic mass is 16.3. The van der Waals surface area contributed by atoms with Crippen LogP contribution in [0.5, 0.6) is 0 Å². The highest BCUT2D eigenvalue weighted by molar-refractivity contribution is 4.86. The first-order valence-electron chi connectivity index (χ1n) is 4.38. The third-order valence-corrected chi connectivity index (χ3v) is 2.28. The minimum Gasteiger partial charge on any atom is -0.395 e. The van der Waals surface area contributed by atoms with E-state index in [9.17, 15) is 0 Å². The molecule has 11 heavy (non-hydrogen) atoms. The Bertz CT molecular complexity index is 119. The lowest BCUT2D eigenvalue weighted by Gasteiger charge is -2.21. The van der Waals surface area contributed by atoms with Gasteiger partial charge in [0.05, 0.1) is 6.61 Å². The smallest absolute Gasteiger partial charge is 0.0587 e.